The summed E-state index contributed by atoms with van der Waals surface area (Å²) in [5, 5.41) is -0.120. The second kappa shape index (κ2) is 6.15. The molecule has 0 N–H and O–H groups in total. The second-order valence-electron chi connectivity index (χ2n) is 4.40. The molecule has 1 aliphatic heterocycles. The highest BCUT2D eigenvalue weighted by Crippen LogP contribution is 2.30. The molecule has 0 aromatic heterocycles. The molecule has 0 saturated carbocycles. The lowest BCUT2D eigenvalue weighted by molar-refractivity contribution is -0.126. The van der Waals surface area contributed by atoms with E-state index in [2.05, 4.69) is 4.40 Å². The molecule has 0 bridgehead atoms. The molecule has 1 aromatic rings. The first-order valence-corrected chi connectivity index (χ1v) is 8.79. The maximum atomic E-state index is 12.9. The van der Waals surface area contributed by atoms with Crippen LogP contribution in [0.1, 0.15) is 20.3 Å². The van der Waals surface area contributed by atoms with E-state index < -0.39 is 15.8 Å². The molecule has 0 spiro atoms. The number of halogens is 1. The summed E-state index contributed by atoms with van der Waals surface area (Å²) in [5.74, 6) is -0.647. The number of hydrogen-bond acceptors (Lipinski definition) is 4. The normalized spacial score (nSPS) is 21.3. The number of nitrogens with zero attached hydrogens (tertiary/aromatic N) is 2. The fourth-order valence-electron chi connectivity index (χ4n) is 1.89. The maximum absolute atomic E-state index is 12.9. The van der Waals surface area contributed by atoms with E-state index in [0.717, 1.165) is 36.0 Å². The van der Waals surface area contributed by atoms with E-state index in [-0.39, 0.29) is 21.2 Å². The third-order valence-corrected chi connectivity index (χ3v) is 5.76. The Hall–Kier alpha value is -1.41. The number of amidine groups is 1. The molecule has 1 heterocycles. The third kappa shape index (κ3) is 3.26. The number of carbonyl (C=O) groups is 1. The summed E-state index contributed by atoms with van der Waals surface area (Å²) in [6.45, 7) is 3.98. The average Bonchev–Trinajstić information content (AvgIpc) is 2.74. The van der Waals surface area contributed by atoms with Gasteiger partial charge in [0.1, 0.15) is 5.82 Å². The van der Waals surface area contributed by atoms with Gasteiger partial charge in [-0.3, -0.25) is 9.69 Å². The van der Waals surface area contributed by atoms with Crippen molar-refractivity contribution in [2.24, 2.45) is 4.40 Å². The molecule has 114 valence electrons. The van der Waals surface area contributed by atoms with Crippen LogP contribution in [0.15, 0.2) is 33.6 Å². The standard InChI is InChI=1S/C13H15FN2O3S2/c1-3-11-12(17)16(4-2)13(20-11)15-21(18,19)10-7-5-9(14)6-8-10/h5-8,11H,3-4H2,1-2H3/b15-13-. The summed E-state index contributed by atoms with van der Waals surface area (Å²) in [7, 11) is -3.95. The number of sulfonamides is 1. The molecular formula is C13H15FN2O3S2. The minimum Gasteiger partial charge on any atom is -0.290 e. The highest BCUT2D eigenvalue weighted by Gasteiger charge is 2.37. The molecule has 1 unspecified atom stereocenters. The van der Waals surface area contributed by atoms with Gasteiger partial charge >= 0.3 is 0 Å². The SMILES string of the molecule is CCC1S/C(=N\S(=O)(=O)c2ccc(F)cc2)N(CC)C1=O. The number of rotatable bonds is 4. The summed E-state index contributed by atoms with van der Waals surface area (Å²) in [6.07, 6.45) is 0.607. The van der Waals surface area contributed by atoms with Crippen LogP contribution in [-0.2, 0) is 14.8 Å². The average molecular weight is 330 g/mol. The number of benzene rings is 1. The molecular weight excluding hydrogens is 315 g/mol. The Kier molecular flexibility index (Phi) is 4.67. The smallest absolute Gasteiger partial charge is 0.284 e. The highest BCUT2D eigenvalue weighted by molar-refractivity contribution is 8.16. The Morgan fingerprint density at radius 3 is 2.43 bits per heavy atom. The minimum atomic E-state index is -3.95. The maximum Gasteiger partial charge on any atom is 0.284 e. The zero-order valence-electron chi connectivity index (χ0n) is 11.6. The van der Waals surface area contributed by atoms with Crippen LogP contribution in [-0.4, -0.2) is 36.2 Å². The molecule has 0 radical (unpaired) electrons. The van der Waals surface area contributed by atoms with Crippen LogP contribution < -0.4 is 0 Å². The van der Waals surface area contributed by atoms with Crippen molar-refractivity contribution in [3.63, 3.8) is 0 Å². The molecule has 2 rings (SSSR count). The molecule has 8 heteroatoms. The Bertz CT molecular complexity index is 671. The van der Waals surface area contributed by atoms with Crippen molar-refractivity contribution in [3.05, 3.63) is 30.1 Å². The van der Waals surface area contributed by atoms with E-state index >= 15 is 0 Å². The molecule has 21 heavy (non-hydrogen) atoms. The fraction of sp³-hybridized carbons (Fsp3) is 0.385. The Morgan fingerprint density at radius 1 is 1.29 bits per heavy atom. The van der Waals surface area contributed by atoms with Gasteiger partial charge in [-0.2, -0.15) is 8.42 Å². The first-order chi connectivity index (χ1) is 9.89. The summed E-state index contributed by atoms with van der Waals surface area (Å²) in [5.41, 5.74) is 0. The number of carbonyl (C=O) groups excluding carboxylic acids is 1. The first kappa shape index (κ1) is 16.0. The topological polar surface area (TPSA) is 66.8 Å². The largest absolute Gasteiger partial charge is 0.290 e. The monoisotopic (exact) mass is 330 g/mol. The molecule has 1 fully saturated rings. The number of amides is 1. The van der Waals surface area contributed by atoms with Crippen LogP contribution in [0.4, 0.5) is 4.39 Å². The fourth-order valence-corrected chi connectivity index (χ4v) is 4.24. The van der Waals surface area contributed by atoms with Gasteiger partial charge in [0.25, 0.3) is 10.0 Å². The summed E-state index contributed by atoms with van der Waals surface area (Å²) >= 11 is 1.15. The lowest BCUT2D eigenvalue weighted by Gasteiger charge is -2.12. The second-order valence-corrected chi connectivity index (χ2v) is 7.17. The van der Waals surface area contributed by atoms with Gasteiger partial charge in [0.15, 0.2) is 5.17 Å². The first-order valence-electron chi connectivity index (χ1n) is 6.47. The van der Waals surface area contributed by atoms with Crippen molar-refractivity contribution in [1.29, 1.82) is 0 Å². The molecule has 1 atom stereocenters. The van der Waals surface area contributed by atoms with Gasteiger partial charge in [-0.25, -0.2) is 4.39 Å². The van der Waals surface area contributed by atoms with Crippen LogP contribution in [0.25, 0.3) is 0 Å². The van der Waals surface area contributed by atoms with Gasteiger partial charge < -0.3 is 0 Å². The van der Waals surface area contributed by atoms with Gasteiger partial charge in [0.2, 0.25) is 5.91 Å². The molecule has 1 aromatic carbocycles. The third-order valence-electron chi connectivity index (χ3n) is 3.02. The van der Waals surface area contributed by atoms with E-state index in [9.17, 15) is 17.6 Å². The Morgan fingerprint density at radius 2 is 1.90 bits per heavy atom. The Balaban J connectivity index is 2.37. The van der Waals surface area contributed by atoms with E-state index in [4.69, 9.17) is 0 Å². The summed E-state index contributed by atoms with van der Waals surface area (Å²) in [6, 6.07) is 4.44. The van der Waals surface area contributed by atoms with Crippen LogP contribution in [0.2, 0.25) is 0 Å². The summed E-state index contributed by atoms with van der Waals surface area (Å²) in [4.78, 5) is 13.3. The Labute approximate surface area is 127 Å². The minimum absolute atomic E-state index is 0.0968. The number of thioether (sulfide) groups is 1. The molecule has 1 saturated heterocycles. The number of hydrogen-bond donors (Lipinski definition) is 0. The quantitative estimate of drug-likeness (QED) is 0.849. The molecule has 1 amide bonds. The summed E-state index contributed by atoms with van der Waals surface area (Å²) < 4.78 is 41.0. The van der Waals surface area contributed by atoms with Crippen molar-refractivity contribution < 1.29 is 17.6 Å². The molecule has 1 aliphatic rings. The van der Waals surface area contributed by atoms with Gasteiger partial charge in [0.05, 0.1) is 10.1 Å². The lowest BCUT2D eigenvalue weighted by atomic mass is 10.3. The highest BCUT2D eigenvalue weighted by atomic mass is 32.2. The van der Waals surface area contributed by atoms with Crippen LogP contribution in [0.3, 0.4) is 0 Å². The van der Waals surface area contributed by atoms with Crippen LogP contribution in [0, 0.1) is 5.82 Å². The molecule has 0 aliphatic carbocycles. The van der Waals surface area contributed by atoms with Crippen molar-refractivity contribution >= 4 is 32.9 Å². The predicted molar refractivity (Wildman–Crippen MR) is 80.1 cm³/mol. The van der Waals surface area contributed by atoms with Gasteiger partial charge in [0, 0.05) is 6.54 Å². The van der Waals surface area contributed by atoms with Crippen molar-refractivity contribution in [3.8, 4) is 0 Å². The van der Waals surface area contributed by atoms with Crippen molar-refractivity contribution in [1.82, 2.24) is 4.90 Å². The van der Waals surface area contributed by atoms with Gasteiger partial charge in [-0.05, 0) is 37.6 Å². The van der Waals surface area contributed by atoms with E-state index in [1.54, 1.807) is 6.92 Å². The van der Waals surface area contributed by atoms with E-state index in [1.165, 1.54) is 4.90 Å². The van der Waals surface area contributed by atoms with Crippen LogP contribution >= 0.6 is 11.8 Å². The van der Waals surface area contributed by atoms with E-state index in [1.807, 2.05) is 6.92 Å². The van der Waals surface area contributed by atoms with Crippen molar-refractivity contribution in [2.75, 3.05) is 6.54 Å². The van der Waals surface area contributed by atoms with Gasteiger partial charge in [-0.15, -0.1) is 4.40 Å². The van der Waals surface area contributed by atoms with Gasteiger partial charge in [-0.1, -0.05) is 18.7 Å². The lowest BCUT2D eigenvalue weighted by Crippen LogP contribution is -2.32. The zero-order chi connectivity index (χ0) is 15.6. The zero-order valence-corrected chi connectivity index (χ0v) is 13.2. The van der Waals surface area contributed by atoms with Crippen LogP contribution in [0.5, 0.6) is 0 Å². The van der Waals surface area contributed by atoms with E-state index in [0.29, 0.717) is 13.0 Å². The van der Waals surface area contributed by atoms with Crippen molar-refractivity contribution in [2.45, 2.75) is 30.4 Å². The predicted octanol–water partition coefficient (Wildman–Crippen LogP) is 2.24. The molecule has 5 nitrogen and oxygen atoms in total.